The predicted molar refractivity (Wildman–Crippen MR) is 78.2 cm³/mol. The number of hydrogen-bond acceptors (Lipinski definition) is 2. The van der Waals surface area contributed by atoms with E-state index < -0.39 is 6.10 Å². The summed E-state index contributed by atoms with van der Waals surface area (Å²) in [7, 11) is 0. The van der Waals surface area contributed by atoms with Crippen molar-refractivity contribution in [3.8, 4) is 0 Å². The second kappa shape index (κ2) is 7.14. The van der Waals surface area contributed by atoms with Crippen molar-refractivity contribution in [1.29, 1.82) is 0 Å². The van der Waals surface area contributed by atoms with E-state index in [1.54, 1.807) is 17.9 Å². The van der Waals surface area contributed by atoms with Crippen molar-refractivity contribution < 1.29 is 9.90 Å². The lowest BCUT2D eigenvalue weighted by Gasteiger charge is -2.27. The van der Waals surface area contributed by atoms with Crippen LogP contribution in [-0.2, 0) is 0 Å². The number of carbonyl (C=O) groups is 1. The highest BCUT2D eigenvalue weighted by Crippen LogP contribution is 2.17. The zero-order valence-corrected chi connectivity index (χ0v) is 12.2. The minimum absolute atomic E-state index is 0.0976. The highest BCUT2D eigenvalue weighted by molar-refractivity contribution is 5.89. The van der Waals surface area contributed by atoms with Gasteiger partial charge < -0.3 is 15.3 Å². The summed E-state index contributed by atoms with van der Waals surface area (Å²) >= 11 is 0. The van der Waals surface area contributed by atoms with Crippen molar-refractivity contribution in [3.05, 3.63) is 29.8 Å². The molecule has 2 N–H and O–H groups in total. The first kappa shape index (κ1) is 15.5. The van der Waals surface area contributed by atoms with Crippen molar-refractivity contribution in [1.82, 2.24) is 4.90 Å². The molecule has 1 aromatic rings. The van der Waals surface area contributed by atoms with E-state index in [0.717, 1.165) is 12.0 Å². The standard InChI is InChI=1S/C15H24N2O2/c1-5-11(3)17(6-2)15(19)16-14-9-7-8-13(10-14)12(4)18/h7-12,18H,5-6H2,1-4H3,(H,16,19). The zero-order valence-electron chi connectivity index (χ0n) is 12.2. The molecule has 0 bridgehead atoms. The molecule has 0 aliphatic heterocycles. The monoisotopic (exact) mass is 264 g/mol. The second-order valence-corrected chi connectivity index (χ2v) is 4.77. The van der Waals surface area contributed by atoms with E-state index >= 15 is 0 Å². The summed E-state index contributed by atoms with van der Waals surface area (Å²) in [5.41, 5.74) is 1.51. The van der Waals surface area contributed by atoms with Crippen LogP contribution in [0.25, 0.3) is 0 Å². The highest BCUT2D eigenvalue weighted by atomic mass is 16.3. The lowest BCUT2D eigenvalue weighted by molar-refractivity contribution is 0.194. The Hall–Kier alpha value is -1.55. The third-order valence-corrected chi connectivity index (χ3v) is 3.34. The Morgan fingerprint density at radius 3 is 2.58 bits per heavy atom. The largest absolute Gasteiger partial charge is 0.389 e. The van der Waals surface area contributed by atoms with Crippen LogP contribution in [0, 0.1) is 0 Å². The van der Waals surface area contributed by atoms with Crippen LogP contribution in [0.1, 0.15) is 45.8 Å². The average molecular weight is 264 g/mol. The number of hydrogen-bond donors (Lipinski definition) is 2. The van der Waals surface area contributed by atoms with E-state index in [4.69, 9.17) is 0 Å². The maximum atomic E-state index is 12.2. The summed E-state index contributed by atoms with van der Waals surface area (Å²) in [4.78, 5) is 14.0. The number of nitrogens with one attached hydrogen (secondary N) is 1. The second-order valence-electron chi connectivity index (χ2n) is 4.77. The third-order valence-electron chi connectivity index (χ3n) is 3.34. The maximum Gasteiger partial charge on any atom is 0.322 e. The summed E-state index contributed by atoms with van der Waals surface area (Å²) in [5.74, 6) is 0. The molecule has 0 radical (unpaired) electrons. The van der Waals surface area contributed by atoms with Gasteiger partial charge in [0.2, 0.25) is 0 Å². The number of urea groups is 1. The summed E-state index contributed by atoms with van der Waals surface area (Å²) in [6, 6.07) is 7.41. The first-order valence-electron chi connectivity index (χ1n) is 6.85. The van der Waals surface area contributed by atoms with E-state index in [2.05, 4.69) is 12.2 Å². The molecule has 0 fully saturated rings. The molecule has 0 saturated heterocycles. The van der Waals surface area contributed by atoms with Gasteiger partial charge in [-0.2, -0.15) is 0 Å². The Morgan fingerprint density at radius 1 is 1.37 bits per heavy atom. The van der Waals surface area contributed by atoms with Gasteiger partial charge in [0, 0.05) is 18.3 Å². The predicted octanol–water partition coefficient (Wildman–Crippen LogP) is 3.39. The minimum atomic E-state index is -0.534. The molecule has 2 unspecified atom stereocenters. The topological polar surface area (TPSA) is 52.6 Å². The normalized spacial score (nSPS) is 13.7. The fraction of sp³-hybridized carbons (Fsp3) is 0.533. The van der Waals surface area contributed by atoms with Crippen LogP contribution in [0.15, 0.2) is 24.3 Å². The summed E-state index contributed by atoms with van der Waals surface area (Å²) < 4.78 is 0. The van der Waals surface area contributed by atoms with E-state index in [1.807, 2.05) is 32.0 Å². The molecule has 1 rings (SSSR count). The van der Waals surface area contributed by atoms with E-state index in [1.165, 1.54) is 0 Å². The van der Waals surface area contributed by atoms with E-state index in [0.29, 0.717) is 12.2 Å². The van der Waals surface area contributed by atoms with E-state index in [9.17, 15) is 9.90 Å². The van der Waals surface area contributed by atoms with Gasteiger partial charge in [0.1, 0.15) is 0 Å². The Balaban J connectivity index is 2.78. The Bertz CT molecular complexity index is 418. The molecule has 0 heterocycles. The Morgan fingerprint density at radius 2 is 2.05 bits per heavy atom. The number of carbonyl (C=O) groups excluding carboxylic acids is 1. The van der Waals surface area contributed by atoms with Crippen LogP contribution in [-0.4, -0.2) is 28.6 Å². The number of benzene rings is 1. The molecule has 0 aromatic heterocycles. The Labute approximate surface area is 115 Å². The molecule has 2 atom stereocenters. The zero-order chi connectivity index (χ0) is 14.4. The number of nitrogens with zero attached hydrogens (tertiary/aromatic N) is 1. The summed E-state index contributed by atoms with van der Waals surface area (Å²) in [6.45, 7) is 8.46. The van der Waals surface area contributed by atoms with Crippen molar-refractivity contribution in [2.24, 2.45) is 0 Å². The summed E-state index contributed by atoms with van der Waals surface area (Å²) in [5, 5.41) is 12.4. The number of aliphatic hydroxyl groups is 1. The van der Waals surface area contributed by atoms with Crippen molar-refractivity contribution in [2.45, 2.75) is 46.3 Å². The molecule has 0 aliphatic carbocycles. The molecular formula is C15H24N2O2. The minimum Gasteiger partial charge on any atom is -0.389 e. The van der Waals surface area contributed by atoms with E-state index in [-0.39, 0.29) is 12.1 Å². The molecule has 2 amide bonds. The van der Waals surface area contributed by atoms with Crippen LogP contribution >= 0.6 is 0 Å². The van der Waals surface area contributed by atoms with Crippen LogP contribution in [0.4, 0.5) is 10.5 Å². The van der Waals surface area contributed by atoms with Crippen LogP contribution in [0.2, 0.25) is 0 Å². The lowest BCUT2D eigenvalue weighted by atomic mass is 10.1. The first-order chi connectivity index (χ1) is 8.99. The molecule has 1 aromatic carbocycles. The number of aliphatic hydroxyl groups excluding tert-OH is 1. The summed E-state index contributed by atoms with van der Waals surface area (Å²) in [6.07, 6.45) is 0.392. The number of rotatable bonds is 5. The fourth-order valence-corrected chi connectivity index (χ4v) is 1.95. The van der Waals surface area contributed by atoms with Gasteiger partial charge in [-0.15, -0.1) is 0 Å². The number of amides is 2. The molecule has 4 nitrogen and oxygen atoms in total. The molecule has 0 spiro atoms. The molecule has 19 heavy (non-hydrogen) atoms. The molecule has 106 valence electrons. The van der Waals surface area contributed by atoms with Gasteiger partial charge >= 0.3 is 6.03 Å². The van der Waals surface area contributed by atoms with Crippen molar-refractivity contribution >= 4 is 11.7 Å². The van der Waals surface area contributed by atoms with Gasteiger partial charge in [-0.1, -0.05) is 19.1 Å². The highest BCUT2D eigenvalue weighted by Gasteiger charge is 2.17. The quantitative estimate of drug-likeness (QED) is 0.856. The molecule has 0 saturated carbocycles. The lowest BCUT2D eigenvalue weighted by Crippen LogP contribution is -2.41. The van der Waals surface area contributed by atoms with Gasteiger partial charge in [-0.05, 0) is 44.9 Å². The maximum absolute atomic E-state index is 12.2. The number of anilines is 1. The third kappa shape index (κ3) is 4.24. The Kier molecular flexibility index (Phi) is 5.83. The first-order valence-corrected chi connectivity index (χ1v) is 6.85. The SMILES string of the molecule is CCC(C)N(CC)C(=O)Nc1cccc(C(C)O)c1. The molecular weight excluding hydrogens is 240 g/mol. The smallest absolute Gasteiger partial charge is 0.322 e. The van der Waals surface area contributed by atoms with Gasteiger partial charge in [0.05, 0.1) is 6.10 Å². The van der Waals surface area contributed by atoms with Crippen LogP contribution in [0.3, 0.4) is 0 Å². The molecule has 0 aliphatic rings. The average Bonchev–Trinajstić information content (AvgIpc) is 2.39. The fourth-order valence-electron chi connectivity index (χ4n) is 1.95. The van der Waals surface area contributed by atoms with Gasteiger partial charge in [-0.25, -0.2) is 4.79 Å². The molecule has 4 heteroatoms. The van der Waals surface area contributed by atoms with Crippen LogP contribution < -0.4 is 5.32 Å². The van der Waals surface area contributed by atoms with Crippen molar-refractivity contribution in [3.63, 3.8) is 0 Å². The van der Waals surface area contributed by atoms with Gasteiger partial charge in [0.15, 0.2) is 0 Å². The van der Waals surface area contributed by atoms with Gasteiger partial charge in [0.25, 0.3) is 0 Å². The van der Waals surface area contributed by atoms with Crippen LogP contribution in [0.5, 0.6) is 0 Å². The van der Waals surface area contributed by atoms with Crippen molar-refractivity contribution in [2.75, 3.05) is 11.9 Å². The van der Waals surface area contributed by atoms with Gasteiger partial charge in [-0.3, -0.25) is 0 Å².